The van der Waals surface area contributed by atoms with Crippen molar-refractivity contribution in [3.05, 3.63) is 91.0 Å². The van der Waals surface area contributed by atoms with E-state index in [9.17, 15) is 0 Å². The van der Waals surface area contributed by atoms with E-state index >= 15 is 0 Å². The standard InChI is InChI=1S/C26H33O4P/c1-25(2,3)27-29-31(30-28-26(4,5)6,22-16-10-7-11-17-22,23-18-12-8-13-19-23)24-20-14-9-15-21-24/h7-21H,1-6H3. The van der Waals surface area contributed by atoms with Crippen molar-refractivity contribution in [1.29, 1.82) is 0 Å². The van der Waals surface area contributed by atoms with Gasteiger partial charge in [-0.25, -0.2) is 0 Å². The monoisotopic (exact) mass is 440 g/mol. The summed E-state index contributed by atoms with van der Waals surface area (Å²) in [5, 5.41) is 2.54. The summed E-state index contributed by atoms with van der Waals surface area (Å²) in [6.07, 6.45) is 0. The van der Waals surface area contributed by atoms with Gasteiger partial charge in [0.25, 0.3) is 0 Å². The molecule has 3 rings (SSSR count). The van der Waals surface area contributed by atoms with Crippen molar-refractivity contribution in [3.63, 3.8) is 0 Å². The van der Waals surface area contributed by atoms with Crippen molar-refractivity contribution in [3.8, 4) is 0 Å². The summed E-state index contributed by atoms with van der Waals surface area (Å²) in [6, 6.07) is 29.8. The van der Waals surface area contributed by atoms with Crippen LogP contribution in [0.2, 0.25) is 0 Å². The second-order valence-corrected chi connectivity index (χ2v) is 13.3. The molecule has 0 aliphatic carbocycles. The predicted molar refractivity (Wildman–Crippen MR) is 129 cm³/mol. The quantitative estimate of drug-likeness (QED) is 0.263. The Hall–Kier alpha value is -2.07. The average molecular weight is 441 g/mol. The first-order valence-electron chi connectivity index (χ1n) is 10.5. The van der Waals surface area contributed by atoms with E-state index in [-0.39, 0.29) is 0 Å². The Bertz CT molecular complexity index is 840. The van der Waals surface area contributed by atoms with Gasteiger partial charge >= 0.3 is 186 Å². The first-order chi connectivity index (χ1) is 14.6. The molecule has 0 heterocycles. The molecule has 3 aromatic rings. The fourth-order valence-electron chi connectivity index (χ4n) is 3.18. The Morgan fingerprint density at radius 2 is 0.710 bits per heavy atom. The molecule has 0 atom stereocenters. The third-order valence-corrected chi connectivity index (χ3v) is 8.96. The number of benzene rings is 3. The SMILES string of the molecule is CC(C)(C)OOP(OOC(C)(C)C)(c1ccccc1)(c1ccccc1)c1ccccc1. The molecule has 0 saturated carbocycles. The minimum absolute atomic E-state index is 0.577. The van der Waals surface area contributed by atoms with Gasteiger partial charge in [-0.15, -0.1) is 0 Å². The van der Waals surface area contributed by atoms with Crippen molar-refractivity contribution < 1.29 is 19.1 Å². The third kappa shape index (κ3) is 4.90. The molecule has 5 heteroatoms. The van der Waals surface area contributed by atoms with Crippen LogP contribution in [0.3, 0.4) is 0 Å². The molecule has 0 bridgehead atoms. The zero-order valence-corrected chi connectivity index (χ0v) is 20.1. The molecular weight excluding hydrogens is 407 g/mol. The summed E-state index contributed by atoms with van der Waals surface area (Å²) in [7, 11) is -4.16. The molecule has 0 aromatic heterocycles. The van der Waals surface area contributed by atoms with Crippen molar-refractivity contribution in [2.75, 3.05) is 0 Å². The summed E-state index contributed by atoms with van der Waals surface area (Å²) in [6.45, 7) is 11.7. The fourth-order valence-corrected chi connectivity index (χ4v) is 7.49. The van der Waals surface area contributed by atoms with Crippen molar-refractivity contribution in [2.24, 2.45) is 0 Å². The van der Waals surface area contributed by atoms with Gasteiger partial charge in [-0.05, 0) is 0 Å². The van der Waals surface area contributed by atoms with Gasteiger partial charge in [0.1, 0.15) is 0 Å². The van der Waals surface area contributed by atoms with E-state index in [4.69, 9.17) is 19.1 Å². The molecule has 0 aliphatic heterocycles. The van der Waals surface area contributed by atoms with Gasteiger partial charge in [0.05, 0.1) is 0 Å². The van der Waals surface area contributed by atoms with Gasteiger partial charge in [-0.1, -0.05) is 0 Å². The van der Waals surface area contributed by atoms with E-state index < -0.39 is 18.3 Å². The summed E-state index contributed by atoms with van der Waals surface area (Å²) in [4.78, 5) is 12.2. The molecule has 166 valence electrons. The van der Waals surface area contributed by atoms with E-state index in [2.05, 4.69) is 0 Å². The van der Waals surface area contributed by atoms with Gasteiger partial charge in [-0.3, -0.25) is 0 Å². The maximum absolute atomic E-state index is 6.62. The molecular formula is C26H33O4P. The van der Waals surface area contributed by atoms with Gasteiger partial charge in [0.2, 0.25) is 0 Å². The zero-order chi connectivity index (χ0) is 22.6. The molecule has 0 amide bonds. The Balaban J connectivity index is 2.44. The topological polar surface area (TPSA) is 36.9 Å². The van der Waals surface area contributed by atoms with Crippen LogP contribution in [0.4, 0.5) is 0 Å². The van der Waals surface area contributed by atoms with Crippen LogP contribution in [0.1, 0.15) is 41.5 Å². The van der Waals surface area contributed by atoms with Crippen LogP contribution < -0.4 is 15.9 Å². The molecule has 0 fully saturated rings. The number of hydrogen-bond donors (Lipinski definition) is 0. The van der Waals surface area contributed by atoms with E-state index in [1.165, 1.54) is 0 Å². The van der Waals surface area contributed by atoms with E-state index in [1.807, 2.05) is 133 Å². The van der Waals surface area contributed by atoms with Gasteiger partial charge in [0, 0.05) is 0 Å². The van der Waals surface area contributed by atoms with Crippen molar-refractivity contribution in [2.45, 2.75) is 52.7 Å². The van der Waals surface area contributed by atoms with Crippen molar-refractivity contribution in [1.82, 2.24) is 0 Å². The molecule has 0 saturated heterocycles. The zero-order valence-electron chi connectivity index (χ0n) is 19.2. The van der Waals surface area contributed by atoms with Crippen LogP contribution >= 0.6 is 7.06 Å². The summed E-state index contributed by atoms with van der Waals surface area (Å²) < 4.78 is 13.2. The molecule has 4 nitrogen and oxygen atoms in total. The molecule has 0 radical (unpaired) electrons. The normalized spacial score (nSPS) is 14.1. The Morgan fingerprint density at radius 1 is 0.452 bits per heavy atom. The Kier molecular flexibility index (Phi) is 6.71. The summed E-state index contributed by atoms with van der Waals surface area (Å²) in [5.41, 5.74) is -1.15. The number of rotatable bonds is 7. The molecule has 0 spiro atoms. The molecule has 0 N–H and O–H groups in total. The van der Waals surface area contributed by atoms with Crippen LogP contribution in [0.15, 0.2) is 91.0 Å². The van der Waals surface area contributed by atoms with Crippen LogP contribution in [0, 0.1) is 0 Å². The predicted octanol–water partition coefficient (Wildman–Crippen LogP) is 5.84. The Morgan fingerprint density at radius 3 is 0.935 bits per heavy atom. The Labute approximate surface area is 186 Å². The van der Waals surface area contributed by atoms with Crippen LogP contribution in [0.5, 0.6) is 0 Å². The fraction of sp³-hybridized carbons (Fsp3) is 0.308. The molecule has 31 heavy (non-hydrogen) atoms. The summed E-state index contributed by atoms with van der Waals surface area (Å²) >= 11 is 0. The van der Waals surface area contributed by atoms with Crippen LogP contribution in [-0.4, -0.2) is 11.2 Å². The third-order valence-electron chi connectivity index (χ3n) is 4.53. The van der Waals surface area contributed by atoms with Crippen molar-refractivity contribution >= 4 is 23.0 Å². The van der Waals surface area contributed by atoms with Gasteiger partial charge in [-0.2, -0.15) is 0 Å². The average Bonchev–Trinajstić information content (AvgIpc) is 2.75. The second-order valence-electron chi connectivity index (χ2n) is 9.50. The van der Waals surface area contributed by atoms with Gasteiger partial charge < -0.3 is 0 Å². The van der Waals surface area contributed by atoms with E-state index in [0.717, 1.165) is 15.9 Å². The number of hydrogen-bond acceptors (Lipinski definition) is 4. The first kappa shape index (κ1) is 23.6. The second kappa shape index (κ2) is 8.82. The van der Waals surface area contributed by atoms with E-state index in [1.54, 1.807) is 0 Å². The minimum atomic E-state index is -4.16. The molecule has 0 unspecified atom stereocenters. The molecule has 3 aromatic carbocycles. The van der Waals surface area contributed by atoms with Gasteiger partial charge in [0.15, 0.2) is 0 Å². The first-order valence-corrected chi connectivity index (χ1v) is 12.6. The van der Waals surface area contributed by atoms with Crippen LogP contribution in [0.25, 0.3) is 0 Å². The van der Waals surface area contributed by atoms with E-state index in [0.29, 0.717) is 0 Å². The maximum atomic E-state index is 6.62. The van der Waals surface area contributed by atoms with Crippen LogP contribution in [-0.2, 0) is 19.1 Å². The summed E-state index contributed by atoms with van der Waals surface area (Å²) in [5.74, 6) is 0. The molecule has 0 aliphatic rings.